The number of anilines is 4. The molecule has 0 unspecified atom stereocenters. The van der Waals surface area contributed by atoms with Crippen molar-refractivity contribution in [2.45, 2.75) is 26.3 Å². The lowest BCUT2D eigenvalue weighted by atomic mass is 10.0. The van der Waals surface area contributed by atoms with Crippen molar-refractivity contribution in [1.29, 1.82) is 0 Å². The third kappa shape index (κ3) is 6.76. The number of allylic oxidation sites excluding steroid dienone is 4. The first-order valence-corrected chi connectivity index (χ1v) is 12.1. The fourth-order valence-corrected chi connectivity index (χ4v) is 3.81. The lowest BCUT2D eigenvalue weighted by molar-refractivity contribution is 0.952. The van der Waals surface area contributed by atoms with Gasteiger partial charge in [0.15, 0.2) is 0 Å². The normalized spacial score (nSPS) is 16.8. The van der Waals surface area contributed by atoms with Gasteiger partial charge in [0.2, 0.25) is 0 Å². The lowest BCUT2D eigenvalue weighted by Gasteiger charge is -2.17. The molecular formula is C29H33N7. The van der Waals surface area contributed by atoms with Crippen LogP contribution in [0.1, 0.15) is 25.3 Å². The minimum absolute atomic E-state index is 0.679. The zero-order valence-corrected chi connectivity index (χ0v) is 20.8. The molecule has 2 heterocycles. The fraction of sp³-hybridized carbons (Fsp3) is 0.172. The van der Waals surface area contributed by atoms with Crippen molar-refractivity contribution in [2.24, 2.45) is 5.73 Å². The molecule has 1 aromatic carbocycles. The first kappa shape index (κ1) is 24.6. The average Bonchev–Trinajstić information content (AvgIpc) is 2.91. The largest absolute Gasteiger partial charge is 0.398 e. The molecule has 0 saturated carbocycles. The number of nitrogens with zero attached hydrogens (tertiary/aromatic N) is 2. The van der Waals surface area contributed by atoms with E-state index < -0.39 is 0 Å². The second-order valence-corrected chi connectivity index (χ2v) is 8.38. The van der Waals surface area contributed by atoms with Gasteiger partial charge in [0.25, 0.3) is 0 Å². The minimum atomic E-state index is 0.679. The number of aromatic nitrogens is 2. The van der Waals surface area contributed by atoms with Gasteiger partial charge >= 0.3 is 0 Å². The van der Waals surface area contributed by atoms with E-state index in [1.54, 1.807) is 12.4 Å². The van der Waals surface area contributed by atoms with Crippen molar-refractivity contribution >= 4 is 22.9 Å². The maximum Gasteiger partial charge on any atom is 0.130 e. The summed E-state index contributed by atoms with van der Waals surface area (Å²) >= 11 is 0. The Morgan fingerprint density at radius 1 is 0.944 bits per heavy atom. The Bertz CT molecular complexity index is 1260. The summed E-state index contributed by atoms with van der Waals surface area (Å²) in [4.78, 5) is 8.65. The highest BCUT2D eigenvalue weighted by atomic mass is 15.0. The molecule has 7 heteroatoms. The third-order valence-corrected chi connectivity index (χ3v) is 5.81. The highest BCUT2D eigenvalue weighted by Gasteiger charge is 2.11. The molecule has 184 valence electrons. The van der Waals surface area contributed by atoms with Crippen LogP contribution in [0.2, 0.25) is 0 Å². The Kier molecular flexibility index (Phi) is 8.38. The van der Waals surface area contributed by atoms with Gasteiger partial charge in [0, 0.05) is 71.9 Å². The standard InChI is InChI=1S/C29H33N7/c1-3-28(26-18-25(31-2)6-4-5-7-27(26)30)36-29-13-8-21(20-34-29)19-33-22-9-11-23(12-10-22)35-24-14-16-32-17-15-24/h3,6-18,20,31,33H,4-5,19,30H2,1-2H3,(H,32,35)(H,34,36)/b25-6+,26-18+,27-7?,28-3+. The average molecular weight is 480 g/mol. The van der Waals surface area contributed by atoms with Crippen LogP contribution in [0.4, 0.5) is 22.9 Å². The summed E-state index contributed by atoms with van der Waals surface area (Å²) in [5.74, 6) is 0.768. The summed E-state index contributed by atoms with van der Waals surface area (Å²) in [7, 11) is 1.92. The molecule has 6 N–H and O–H groups in total. The van der Waals surface area contributed by atoms with Crippen LogP contribution in [0.5, 0.6) is 0 Å². The summed E-state index contributed by atoms with van der Waals surface area (Å²) in [6, 6.07) is 16.1. The molecule has 4 rings (SSSR count). The minimum Gasteiger partial charge on any atom is -0.398 e. The maximum atomic E-state index is 6.38. The highest BCUT2D eigenvalue weighted by molar-refractivity contribution is 5.62. The van der Waals surface area contributed by atoms with Crippen LogP contribution < -0.4 is 27.0 Å². The molecule has 7 nitrogen and oxygen atoms in total. The van der Waals surface area contributed by atoms with Crippen LogP contribution in [0.3, 0.4) is 0 Å². The molecule has 1 aliphatic rings. The third-order valence-electron chi connectivity index (χ3n) is 5.81. The van der Waals surface area contributed by atoms with E-state index in [0.717, 1.165) is 63.9 Å². The van der Waals surface area contributed by atoms with Crippen molar-refractivity contribution in [3.63, 3.8) is 0 Å². The van der Waals surface area contributed by atoms with Crippen LogP contribution in [0.25, 0.3) is 0 Å². The molecular weight excluding hydrogens is 446 g/mol. The molecule has 1 aliphatic carbocycles. The van der Waals surface area contributed by atoms with Crippen LogP contribution in [-0.2, 0) is 6.54 Å². The summed E-state index contributed by atoms with van der Waals surface area (Å²) in [5.41, 5.74) is 14.2. The van der Waals surface area contributed by atoms with Gasteiger partial charge in [-0.15, -0.1) is 0 Å². The zero-order valence-electron chi connectivity index (χ0n) is 20.8. The Hall–Kier alpha value is -4.52. The monoisotopic (exact) mass is 479 g/mol. The van der Waals surface area contributed by atoms with E-state index in [1.165, 1.54) is 0 Å². The van der Waals surface area contributed by atoms with Gasteiger partial charge in [0.05, 0.1) is 0 Å². The van der Waals surface area contributed by atoms with E-state index >= 15 is 0 Å². The van der Waals surface area contributed by atoms with E-state index in [2.05, 4.69) is 67.7 Å². The van der Waals surface area contributed by atoms with E-state index in [9.17, 15) is 0 Å². The molecule has 0 fully saturated rings. The van der Waals surface area contributed by atoms with Crippen LogP contribution in [-0.4, -0.2) is 17.0 Å². The van der Waals surface area contributed by atoms with Crippen LogP contribution in [0.15, 0.2) is 114 Å². The predicted octanol–water partition coefficient (Wildman–Crippen LogP) is 5.81. The SMILES string of the molecule is C\C=C(Nc1ccc(CNc2ccc(Nc3ccncc3)cc2)cn1)/C1=C/C(NC)=C\CCC=C1N. The molecule has 0 radical (unpaired) electrons. The van der Waals surface area contributed by atoms with E-state index in [1.807, 2.05) is 56.6 Å². The molecule has 0 amide bonds. The van der Waals surface area contributed by atoms with Gasteiger partial charge in [-0.3, -0.25) is 4.98 Å². The molecule has 2 aromatic heterocycles. The Labute approximate surface area is 213 Å². The second-order valence-electron chi connectivity index (χ2n) is 8.38. The van der Waals surface area contributed by atoms with Gasteiger partial charge in [-0.05, 0) is 73.9 Å². The summed E-state index contributed by atoms with van der Waals surface area (Å²) in [5, 5.41) is 13.5. The Balaban J connectivity index is 1.35. The smallest absolute Gasteiger partial charge is 0.130 e. The number of nitrogens with one attached hydrogen (secondary N) is 4. The Morgan fingerprint density at radius 2 is 1.67 bits per heavy atom. The molecule has 0 saturated heterocycles. The van der Waals surface area contributed by atoms with Crippen LogP contribution >= 0.6 is 0 Å². The fourth-order valence-electron chi connectivity index (χ4n) is 3.81. The van der Waals surface area contributed by atoms with E-state index in [0.29, 0.717) is 6.54 Å². The first-order chi connectivity index (χ1) is 17.6. The van der Waals surface area contributed by atoms with Gasteiger partial charge in [-0.25, -0.2) is 4.98 Å². The lowest BCUT2D eigenvalue weighted by Crippen LogP contribution is -2.14. The second kappa shape index (κ2) is 12.3. The summed E-state index contributed by atoms with van der Waals surface area (Å²) in [6.07, 6.45) is 15.6. The predicted molar refractivity (Wildman–Crippen MR) is 150 cm³/mol. The molecule has 36 heavy (non-hydrogen) atoms. The molecule has 3 aromatic rings. The zero-order chi connectivity index (χ0) is 25.2. The molecule has 0 aliphatic heterocycles. The van der Waals surface area contributed by atoms with Gasteiger partial charge < -0.3 is 27.0 Å². The van der Waals surface area contributed by atoms with Gasteiger partial charge in [-0.2, -0.15) is 0 Å². The number of benzene rings is 1. The summed E-state index contributed by atoms with van der Waals surface area (Å²) in [6.45, 7) is 2.67. The Morgan fingerprint density at radius 3 is 2.36 bits per heavy atom. The molecule has 0 spiro atoms. The quantitative estimate of drug-likeness (QED) is 0.264. The number of hydrogen-bond acceptors (Lipinski definition) is 7. The van der Waals surface area contributed by atoms with Crippen molar-refractivity contribution in [3.8, 4) is 0 Å². The number of nitrogens with two attached hydrogens (primary N) is 1. The van der Waals surface area contributed by atoms with Crippen molar-refractivity contribution < 1.29 is 0 Å². The highest BCUT2D eigenvalue weighted by Crippen LogP contribution is 2.23. The van der Waals surface area contributed by atoms with Gasteiger partial charge in [-0.1, -0.05) is 24.3 Å². The first-order valence-electron chi connectivity index (χ1n) is 12.1. The van der Waals surface area contributed by atoms with Crippen molar-refractivity contribution in [3.05, 3.63) is 120 Å². The van der Waals surface area contributed by atoms with E-state index in [-0.39, 0.29) is 0 Å². The number of pyridine rings is 2. The van der Waals surface area contributed by atoms with Crippen molar-refractivity contribution in [1.82, 2.24) is 15.3 Å². The number of rotatable bonds is 9. The van der Waals surface area contributed by atoms with Crippen LogP contribution in [0, 0.1) is 0 Å². The van der Waals surface area contributed by atoms with Gasteiger partial charge in [0.1, 0.15) is 5.82 Å². The summed E-state index contributed by atoms with van der Waals surface area (Å²) < 4.78 is 0. The number of hydrogen-bond donors (Lipinski definition) is 5. The molecule has 0 bridgehead atoms. The van der Waals surface area contributed by atoms with E-state index in [4.69, 9.17) is 5.73 Å². The topological polar surface area (TPSA) is 99.9 Å². The maximum absolute atomic E-state index is 6.38. The molecule has 0 atom stereocenters. The van der Waals surface area contributed by atoms with Crippen molar-refractivity contribution in [2.75, 3.05) is 23.0 Å². The number of likely N-dealkylation sites (N-methyl/N-ethyl adjacent to an activating group) is 1.